The normalized spacial score (nSPS) is 18.9. The van der Waals surface area contributed by atoms with E-state index in [0.29, 0.717) is 11.4 Å². The molecule has 18 heavy (non-hydrogen) atoms. The van der Waals surface area contributed by atoms with E-state index in [9.17, 15) is 17.6 Å². The van der Waals surface area contributed by atoms with Crippen LogP contribution >= 0.6 is 0 Å². The number of aromatic nitrogens is 1. The van der Waals surface area contributed by atoms with E-state index in [-0.39, 0.29) is 23.0 Å². The first-order valence-electron chi connectivity index (χ1n) is 5.35. The van der Waals surface area contributed by atoms with Crippen LogP contribution in [0.1, 0.15) is 24.4 Å². The van der Waals surface area contributed by atoms with Gasteiger partial charge in [0.05, 0.1) is 23.5 Å². The number of hydrogen-bond donors (Lipinski definition) is 1. The molecule has 0 amide bonds. The Hall–Kier alpha value is -1.85. The predicted molar refractivity (Wildman–Crippen MR) is 59.1 cm³/mol. The molecule has 0 spiro atoms. The van der Waals surface area contributed by atoms with E-state index in [4.69, 9.17) is 0 Å². The van der Waals surface area contributed by atoms with Gasteiger partial charge in [0.1, 0.15) is 6.17 Å². The van der Waals surface area contributed by atoms with Crippen LogP contribution in [0.25, 0.3) is 10.9 Å². The molecule has 1 aromatic carbocycles. The topological polar surface area (TPSA) is 28.1 Å². The maximum absolute atomic E-state index is 13.8. The van der Waals surface area contributed by atoms with Gasteiger partial charge in [0.2, 0.25) is 0 Å². The van der Waals surface area contributed by atoms with E-state index in [0.717, 1.165) is 6.07 Å². The largest absolute Gasteiger partial charge is 0.353 e. The monoisotopic (exact) mass is 256 g/mol. The average molecular weight is 256 g/mol. The Kier molecular flexibility index (Phi) is 2.23. The fourth-order valence-corrected chi connectivity index (χ4v) is 2.27. The van der Waals surface area contributed by atoms with Crippen molar-refractivity contribution in [3.8, 4) is 0 Å². The number of benzene rings is 1. The third-order valence-electron chi connectivity index (χ3n) is 3.12. The average Bonchev–Trinajstić information content (AvgIpc) is 2.71. The molecule has 1 aliphatic rings. The fourth-order valence-electron chi connectivity index (χ4n) is 2.27. The summed E-state index contributed by atoms with van der Waals surface area (Å²) in [5, 5.41) is -0.231. The Morgan fingerprint density at radius 2 is 2.00 bits per heavy atom. The molecule has 1 aromatic heterocycles. The third kappa shape index (κ3) is 1.31. The summed E-state index contributed by atoms with van der Waals surface area (Å²) in [5.74, 6) is -4.25. The summed E-state index contributed by atoms with van der Waals surface area (Å²) in [6.07, 6.45) is -1.52. The van der Waals surface area contributed by atoms with E-state index < -0.39 is 23.6 Å². The second kappa shape index (κ2) is 3.57. The van der Waals surface area contributed by atoms with E-state index in [2.05, 4.69) is 9.98 Å². The molecule has 1 N–H and O–H groups in total. The summed E-state index contributed by atoms with van der Waals surface area (Å²) >= 11 is 0. The van der Waals surface area contributed by atoms with Crippen molar-refractivity contribution in [1.29, 1.82) is 0 Å². The summed E-state index contributed by atoms with van der Waals surface area (Å²) in [4.78, 5) is 6.61. The van der Waals surface area contributed by atoms with Crippen LogP contribution in [-0.2, 0) is 0 Å². The van der Waals surface area contributed by atoms with Crippen molar-refractivity contribution >= 4 is 16.6 Å². The maximum atomic E-state index is 13.8. The van der Waals surface area contributed by atoms with Crippen molar-refractivity contribution in [3.63, 3.8) is 0 Å². The summed E-state index contributed by atoms with van der Waals surface area (Å²) < 4.78 is 53.9. The SMILES string of the molecule is CC1=NCC(F)c2c1[nH]c1cc(F)c(F)c(F)c21. The van der Waals surface area contributed by atoms with E-state index in [1.807, 2.05) is 0 Å². The molecule has 0 bridgehead atoms. The number of H-pyrrole nitrogens is 1. The van der Waals surface area contributed by atoms with Gasteiger partial charge in [-0.25, -0.2) is 17.6 Å². The van der Waals surface area contributed by atoms with E-state index in [1.165, 1.54) is 0 Å². The molecule has 0 saturated carbocycles. The molecule has 3 rings (SSSR count). The number of fused-ring (bicyclic) bond motifs is 3. The summed E-state index contributed by atoms with van der Waals surface area (Å²) in [6.45, 7) is 1.49. The van der Waals surface area contributed by atoms with Crippen LogP contribution < -0.4 is 0 Å². The minimum atomic E-state index is -1.59. The second-order valence-electron chi connectivity index (χ2n) is 4.22. The molecular weight excluding hydrogens is 248 g/mol. The summed E-state index contributed by atoms with van der Waals surface area (Å²) in [6, 6.07) is 0.825. The quantitative estimate of drug-likeness (QED) is 0.552. The van der Waals surface area contributed by atoms with Gasteiger partial charge in [-0.1, -0.05) is 0 Å². The molecule has 0 saturated heterocycles. The van der Waals surface area contributed by atoms with Gasteiger partial charge in [-0.2, -0.15) is 0 Å². The van der Waals surface area contributed by atoms with Crippen LogP contribution in [0.5, 0.6) is 0 Å². The molecule has 2 aromatic rings. The number of rotatable bonds is 0. The smallest absolute Gasteiger partial charge is 0.195 e. The molecular formula is C12H8F4N2. The van der Waals surface area contributed by atoms with Crippen molar-refractivity contribution in [3.05, 3.63) is 34.8 Å². The van der Waals surface area contributed by atoms with Gasteiger partial charge in [0.15, 0.2) is 17.5 Å². The van der Waals surface area contributed by atoms with Crippen LogP contribution in [0, 0.1) is 17.5 Å². The van der Waals surface area contributed by atoms with Gasteiger partial charge in [-0.15, -0.1) is 0 Å². The first-order valence-corrected chi connectivity index (χ1v) is 5.35. The van der Waals surface area contributed by atoms with Crippen molar-refractivity contribution in [2.24, 2.45) is 4.99 Å². The molecule has 0 fully saturated rings. The zero-order valence-electron chi connectivity index (χ0n) is 9.32. The summed E-state index contributed by atoms with van der Waals surface area (Å²) in [5.41, 5.74) is 0.854. The highest BCUT2D eigenvalue weighted by Crippen LogP contribution is 2.36. The minimum absolute atomic E-state index is 0.0221. The molecule has 6 heteroatoms. The molecule has 2 nitrogen and oxygen atoms in total. The van der Waals surface area contributed by atoms with Gasteiger partial charge < -0.3 is 4.98 Å². The Morgan fingerprint density at radius 1 is 1.28 bits per heavy atom. The zero-order chi connectivity index (χ0) is 13.0. The minimum Gasteiger partial charge on any atom is -0.353 e. The zero-order valence-corrected chi connectivity index (χ0v) is 9.32. The molecule has 1 unspecified atom stereocenters. The first-order chi connectivity index (χ1) is 8.50. The molecule has 2 heterocycles. The van der Waals surface area contributed by atoms with Crippen molar-refractivity contribution in [2.75, 3.05) is 6.54 Å². The first kappa shape index (κ1) is 11.3. The van der Waals surface area contributed by atoms with Crippen molar-refractivity contribution < 1.29 is 17.6 Å². The number of aromatic amines is 1. The number of halogens is 4. The predicted octanol–water partition coefficient (Wildman–Crippen LogP) is 3.42. The van der Waals surface area contributed by atoms with Crippen LogP contribution in [0.3, 0.4) is 0 Å². The highest BCUT2D eigenvalue weighted by atomic mass is 19.2. The lowest BCUT2D eigenvalue weighted by atomic mass is 10.0. The van der Waals surface area contributed by atoms with Crippen LogP contribution in [0.15, 0.2) is 11.1 Å². The van der Waals surface area contributed by atoms with Crippen LogP contribution in [0.4, 0.5) is 17.6 Å². The summed E-state index contributed by atoms with van der Waals surface area (Å²) in [7, 11) is 0. The Morgan fingerprint density at radius 3 is 2.72 bits per heavy atom. The maximum Gasteiger partial charge on any atom is 0.195 e. The van der Waals surface area contributed by atoms with Gasteiger partial charge in [-0.05, 0) is 6.92 Å². The highest BCUT2D eigenvalue weighted by Gasteiger charge is 2.29. The van der Waals surface area contributed by atoms with E-state index >= 15 is 0 Å². The molecule has 94 valence electrons. The molecule has 0 radical (unpaired) electrons. The molecule has 0 aliphatic carbocycles. The van der Waals surface area contributed by atoms with Gasteiger partial charge in [-0.3, -0.25) is 4.99 Å². The standard InChI is InChI=1S/C12H8F4N2/c1-4-12-8(6(14)3-17-4)9-7(18-12)2-5(13)10(15)11(9)16/h2,6,18H,3H2,1H3. The molecule has 1 aliphatic heterocycles. The number of alkyl halides is 1. The highest BCUT2D eigenvalue weighted by molar-refractivity contribution is 6.05. The Bertz CT molecular complexity index is 687. The van der Waals surface area contributed by atoms with Gasteiger partial charge >= 0.3 is 0 Å². The van der Waals surface area contributed by atoms with Gasteiger partial charge in [0, 0.05) is 17.0 Å². The van der Waals surface area contributed by atoms with Crippen molar-refractivity contribution in [1.82, 2.24) is 4.98 Å². The third-order valence-corrected chi connectivity index (χ3v) is 3.12. The second-order valence-corrected chi connectivity index (χ2v) is 4.22. The lowest BCUT2D eigenvalue weighted by Crippen LogP contribution is -2.12. The number of hydrogen-bond acceptors (Lipinski definition) is 1. The lowest BCUT2D eigenvalue weighted by Gasteiger charge is -2.14. The number of nitrogens with zero attached hydrogens (tertiary/aromatic N) is 1. The Labute approximate surface area is 99.3 Å². The van der Waals surface area contributed by atoms with Gasteiger partial charge in [0.25, 0.3) is 0 Å². The van der Waals surface area contributed by atoms with Crippen LogP contribution in [-0.4, -0.2) is 17.2 Å². The molecule has 1 atom stereocenters. The van der Waals surface area contributed by atoms with Crippen molar-refractivity contribution in [2.45, 2.75) is 13.1 Å². The number of aliphatic imine (C=N–C) groups is 1. The Balaban J connectivity index is 2.47. The van der Waals surface area contributed by atoms with E-state index in [1.54, 1.807) is 6.92 Å². The van der Waals surface area contributed by atoms with Crippen LogP contribution in [0.2, 0.25) is 0 Å². The number of nitrogens with one attached hydrogen (secondary N) is 1. The lowest BCUT2D eigenvalue weighted by molar-refractivity contribution is 0.351. The fraction of sp³-hybridized carbons (Fsp3) is 0.250.